The van der Waals surface area contributed by atoms with Gasteiger partial charge in [-0.05, 0) is 34.9 Å². The topological polar surface area (TPSA) is 48.0 Å². The SMILES string of the molecule is COC[C@@H]1C[C@H](OC)CN1C(=O)Cc1cccc2ccc(OC)cc12. The molecule has 3 rings (SSSR count). The zero-order valence-corrected chi connectivity index (χ0v) is 15.0. The molecule has 25 heavy (non-hydrogen) atoms. The molecule has 5 nitrogen and oxygen atoms in total. The molecule has 2 aromatic carbocycles. The smallest absolute Gasteiger partial charge is 0.227 e. The number of hydrogen-bond donors (Lipinski definition) is 0. The molecule has 0 aromatic heterocycles. The van der Waals surface area contributed by atoms with Crippen molar-refractivity contribution in [3.05, 3.63) is 42.0 Å². The number of rotatable bonds is 6. The average molecular weight is 343 g/mol. The Morgan fingerprint density at radius 3 is 2.76 bits per heavy atom. The summed E-state index contributed by atoms with van der Waals surface area (Å²) in [5.74, 6) is 0.905. The summed E-state index contributed by atoms with van der Waals surface area (Å²) in [7, 11) is 5.01. The summed E-state index contributed by atoms with van der Waals surface area (Å²) in [6.07, 6.45) is 1.26. The molecule has 0 saturated carbocycles. The number of amides is 1. The number of benzene rings is 2. The highest BCUT2D eigenvalue weighted by atomic mass is 16.5. The van der Waals surface area contributed by atoms with Crippen molar-refractivity contribution in [3.8, 4) is 5.75 Å². The fourth-order valence-corrected chi connectivity index (χ4v) is 3.56. The van der Waals surface area contributed by atoms with E-state index in [1.807, 2.05) is 41.3 Å². The third-order valence-electron chi connectivity index (χ3n) is 4.91. The van der Waals surface area contributed by atoms with Gasteiger partial charge >= 0.3 is 0 Å². The van der Waals surface area contributed by atoms with Crippen LogP contribution in [0.4, 0.5) is 0 Å². The molecule has 0 spiro atoms. The van der Waals surface area contributed by atoms with Crippen LogP contribution in [-0.2, 0) is 20.7 Å². The molecule has 1 heterocycles. The van der Waals surface area contributed by atoms with Gasteiger partial charge in [0.15, 0.2) is 0 Å². The summed E-state index contributed by atoms with van der Waals surface area (Å²) in [6.45, 7) is 1.16. The van der Waals surface area contributed by atoms with Crippen LogP contribution in [-0.4, -0.2) is 57.4 Å². The number of carbonyl (C=O) groups excluding carboxylic acids is 1. The Balaban J connectivity index is 1.83. The molecule has 0 bridgehead atoms. The maximum absolute atomic E-state index is 12.9. The van der Waals surface area contributed by atoms with Crippen LogP contribution in [0, 0.1) is 0 Å². The summed E-state index contributed by atoms with van der Waals surface area (Å²) in [5, 5.41) is 2.16. The number of nitrogens with zero attached hydrogens (tertiary/aromatic N) is 1. The van der Waals surface area contributed by atoms with Gasteiger partial charge in [-0.15, -0.1) is 0 Å². The van der Waals surface area contributed by atoms with Crippen molar-refractivity contribution in [1.82, 2.24) is 4.90 Å². The van der Waals surface area contributed by atoms with Crippen LogP contribution in [0.25, 0.3) is 10.8 Å². The molecule has 0 unspecified atom stereocenters. The summed E-state index contributed by atoms with van der Waals surface area (Å²) < 4.78 is 16.1. The lowest BCUT2D eigenvalue weighted by Gasteiger charge is -2.24. The van der Waals surface area contributed by atoms with Gasteiger partial charge < -0.3 is 19.1 Å². The first kappa shape index (κ1) is 17.7. The van der Waals surface area contributed by atoms with E-state index in [9.17, 15) is 4.79 Å². The van der Waals surface area contributed by atoms with E-state index in [-0.39, 0.29) is 18.1 Å². The maximum atomic E-state index is 12.9. The second kappa shape index (κ2) is 7.85. The highest BCUT2D eigenvalue weighted by Gasteiger charge is 2.35. The summed E-state index contributed by atoms with van der Waals surface area (Å²) in [5.41, 5.74) is 1.01. The minimum atomic E-state index is 0.0759. The molecule has 1 amide bonds. The molecule has 1 fully saturated rings. The molecule has 0 radical (unpaired) electrons. The molecule has 1 aliphatic rings. The lowest BCUT2D eigenvalue weighted by molar-refractivity contribution is -0.132. The van der Waals surface area contributed by atoms with Crippen molar-refractivity contribution in [2.75, 3.05) is 34.5 Å². The van der Waals surface area contributed by atoms with Gasteiger partial charge in [-0.1, -0.05) is 24.3 Å². The third-order valence-corrected chi connectivity index (χ3v) is 4.91. The van der Waals surface area contributed by atoms with E-state index < -0.39 is 0 Å². The largest absolute Gasteiger partial charge is 0.497 e. The van der Waals surface area contributed by atoms with E-state index in [0.29, 0.717) is 19.6 Å². The van der Waals surface area contributed by atoms with Crippen molar-refractivity contribution in [2.45, 2.75) is 25.0 Å². The van der Waals surface area contributed by atoms with Gasteiger partial charge in [0, 0.05) is 20.8 Å². The Labute approximate surface area is 148 Å². The Morgan fingerprint density at radius 2 is 2.04 bits per heavy atom. The average Bonchev–Trinajstić information content (AvgIpc) is 3.05. The lowest BCUT2D eigenvalue weighted by Crippen LogP contribution is -2.39. The lowest BCUT2D eigenvalue weighted by atomic mass is 10.0. The van der Waals surface area contributed by atoms with Gasteiger partial charge in [0.25, 0.3) is 0 Å². The van der Waals surface area contributed by atoms with Crippen LogP contribution in [0.1, 0.15) is 12.0 Å². The minimum absolute atomic E-state index is 0.0759. The quantitative estimate of drug-likeness (QED) is 0.809. The van der Waals surface area contributed by atoms with Crippen molar-refractivity contribution >= 4 is 16.7 Å². The molecule has 2 atom stereocenters. The molecule has 1 aliphatic heterocycles. The number of methoxy groups -OCH3 is 3. The van der Waals surface area contributed by atoms with Crippen molar-refractivity contribution < 1.29 is 19.0 Å². The first-order chi connectivity index (χ1) is 12.2. The number of carbonyl (C=O) groups is 1. The van der Waals surface area contributed by atoms with Gasteiger partial charge in [0.2, 0.25) is 5.91 Å². The van der Waals surface area contributed by atoms with Crippen molar-refractivity contribution in [1.29, 1.82) is 0 Å². The number of hydrogen-bond acceptors (Lipinski definition) is 4. The fraction of sp³-hybridized carbons (Fsp3) is 0.450. The monoisotopic (exact) mass is 343 g/mol. The molecule has 0 aliphatic carbocycles. The first-order valence-corrected chi connectivity index (χ1v) is 8.53. The number of ether oxygens (including phenoxy) is 3. The Kier molecular flexibility index (Phi) is 5.56. The Hall–Kier alpha value is -2.11. The molecule has 2 aromatic rings. The minimum Gasteiger partial charge on any atom is -0.497 e. The zero-order chi connectivity index (χ0) is 17.8. The molecular weight excluding hydrogens is 318 g/mol. The second-order valence-electron chi connectivity index (χ2n) is 6.43. The first-order valence-electron chi connectivity index (χ1n) is 8.53. The van der Waals surface area contributed by atoms with E-state index in [4.69, 9.17) is 14.2 Å². The van der Waals surface area contributed by atoms with E-state index in [1.54, 1.807) is 21.3 Å². The van der Waals surface area contributed by atoms with Gasteiger partial charge in [0.05, 0.1) is 32.3 Å². The number of fused-ring (bicyclic) bond motifs is 1. The zero-order valence-electron chi connectivity index (χ0n) is 15.0. The van der Waals surface area contributed by atoms with Crippen LogP contribution in [0.15, 0.2) is 36.4 Å². The van der Waals surface area contributed by atoms with E-state index in [2.05, 4.69) is 0 Å². The number of likely N-dealkylation sites (tertiary alicyclic amines) is 1. The Bertz CT molecular complexity index is 746. The highest BCUT2D eigenvalue weighted by Crippen LogP contribution is 2.26. The predicted octanol–water partition coefficient (Wildman–Crippen LogP) is 2.65. The van der Waals surface area contributed by atoms with Crippen LogP contribution < -0.4 is 4.74 Å². The van der Waals surface area contributed by atoms with Gasteiger partial charge in [0.1, 0.15) is 5.75 Å². The molecule has 0 N–H and O–H groups in total. The highest BCUT2D eigenvalue weighted by molar-refractivity contribution is 5.91. The van der Waals surface area contributed by atoms with E-state index >= 15 is 0 Å². The summed E-state index contributed by atoms with van der Waals surface area (Å²) in [4.78, 5) is 14.8. The van der Waals surface area contributed by atoms with Crippen LogP contribution in [0.2, 0.25) is 0 Å². The van der Waals surface area contributed by atoms with E-state index in [0.717, 1.165) is 28.5 Å². The standard InChI is InChI=1S/C20H25NO4/c1-23-13-16-10-18(25-3)12-21(16)20(22)9-15-6-4-5-14-7-8-17(24-2)11-19(14)15/h4-8,11,16,18H,9-10,12-13H2,1-3H3/t16-,18-/m0/s1. The van der Waals surface area contributed by atoms with Crippen LogP contribution >= 0.6 is 0 Å². The van der Waals surface area contributed by atoms with Crippen molar-refractivity contribution in [3.63, 3.8) is 0 Å². The Morgan fingerprint density at radius 1 is 1.20 bits per heavy atom. The van der Waals surface area contributed by atoms with Crippen LogP contribution in [0.3, 0.4) is 0 Å². The van der Waals surface area contributed by atoms with Crippen molar-refractivity contribution in [2.24, 2.45) is 0 Å². The fourth-order valence-electron chi connectivity index (χ4n) is 3.56. The van der Waals surface area contributed by atoms with Gasteiger partial charge in [-0.2, -0.15) is 0 Å². The molecule has 1 saturated heterocycles. The second-order valence-corrected chi connectivity index (χ2v) is 6.43. The third kappa shape index (κ3) is 3.78. The summed E-state index contributed by atoms with van der Waals surface area (Å²) >= 11 is 0. The maximum Gasteiger partial charge on any atom is 0.227 e. The molecule has 5 heteroatoms. The molecule has 134 valence electrons. The van der Waals surface area contributed by atoms with Gasteiger partial charge in [-0.25, -0.2) is 0 Å². The summed E-state index contributed by atoms with van der Waals surface area (Å²) in [6, 6.07) is 12.1. The molecular formula is C20H25NO4. The van der Waals surface area contributed by atoms with Gasteiger partial charge in [-0.3, -0.25) is 4.79 Å². The van der Waals surface area contributed by atoms with Crippen LogP contribution in [0.5, 0.6) is 5.75 Å². The van der Waals surface area contributed by atoms with E-state index in [1.165, 1.54) is 0 Å². The predicted molar refractivity (Wildman–Crippen MR) is 97.0 cm³/mol. The normalized spacial score (nSPS) is 20.2.